The molecule has 1 fully saturated rings. The molecule has 0 bridgehead atoms. The van der Waals surface area contributed by atoms with Crippen LogP contribution in [0.4, 0.5) is 4.79 Å². The van der Waals surface area contributed by atoms with Gasteiger partial charge in [0, 0.05) is 18.5 Å². The number of nitrogens with zero attached hydrogens (tertiary/aromatic N) is 1. The van der Waals surface area contributed by atoms with Gasteiger partial charge < -0.3 is 20.1 Å². The van der Waals surface area contributed by atoms with Crippen LogP contribution in [0.1, 0.15) is 62.5 Å². The second-order valence-corrected chi connectivity index (χ2v) is 9.09. The molecule has 0 spiro atoms. The quantitative estimate of drug-likeness (QED) is 0.598. The van der Waals surface area contributed by atoms with Crippen molar-refractivity contribution in [3.8, 4) is 11.1 Å². The summed E-state index contributed by atoms with van der Waals surface area (Å²) in [7, 11) is 0. The van der Waals surface area contributed by atoms with Crippen LogP contribution in [0.3, 0.4) is 0 Å². The van der Waals surface area contributed by atoms with Crippen molar-refractivity contribution >= 4 is 18.0 Å². The van der Waals surface area contributed by atoms with Crippen LogP contribution >= 0.6 is 0 Å². The Labute approximate surface area is 200 Å². The standard InChI is InChI=1S/C27H32N2O5/c1-2-9-18-10-7-8-15-29(18)26(32)24(16-25(30)31)28-27(33)34-17-23-21-13-5-3-11-19(21)20-12-4-6-14-22(20)23/h3-6,11-14,18,23-24H,2,7-10,15-17H2,1H3,(H,28,33)(H,30,31). The first-order valence-corrected chi connectivity index (χ1v) is 12.1. The SMILES string of the molecule is CCCC1CCCCN1C(=O)C(CC(=O)O)NC(=O)OCC1c2ccccc2-c2ccccc21. The number of piperidine rings is 1. The van der Waals surface area contributed by atoms with Crippen LogP contribution in [0.15, 0.2) is 48.5 Å². The maximum absolute atomic E-state index is 13.2. The number of carbonyl (C=O) groups is 3. The molecule has 2 unspecified atom stereocenters. The van der Waals surface area contributed by atoms with Gasteiger partial charge in [-0.15, -0.1) is 0 Å². The Morgan fingerprint density at radius 2 is 1.71 bits per heavy atom. The van der Waals surface area contributed by atoms with E-state index in [9.17, 15) is 19.5 Å². The first-order valence-electron chi connectivity index (χ1n) is 12.1. The molecular formula is C27H32N2O5. The lowest BCUT2D eigenvalue weighted by Gasteiger charge is -2.37. The lowest BCUT2D eigenvalue weighted by atomic mass is 9.97. The average Bonchev–Trinajstić information content (AvgIpc) is 3.16. The van der Waals surface area contributed by atoms with Gasteiger partial charge in [-0.05, 0) is 47.9 Å². The van der Waals surface area contributed by atoms with Gasteiger partial charge in [0.25, 0.3) is 0 Å². The second-order valence-electron chi connectivity index (χ2n) is 9.09. The highest BCUT2D eigenvalue weighted by Gasteiger charge is 2.34. The Morgan fingerprint density at radius 1 is 1.06 bits per heavy atom. The maximum atomic E-state index is 13.2. The number of likely N-dealkylation sites (tertiary alicyclic amines) is 1. The van der Waals surface area contributed by atoms with Crippen LogP contribution in [0.2, 0.25) is 0 Å². The predicted octanol–water partition coefficient (Wildman–Crippen LogP) is 4.55. The van der Waals surface area contributed by atoms with Gasteiger partial charge in [0.2, 0.25) is 5.91 Å². The van der Waals surface area contributed by atoms with Crippen LogP contribution in [-0.2, 0) is 14.3 Å². The Hall–Kier alpha value is -3.35. The molecule has 1 aliphatic carbocycles. The zero-order valence-electron chi connectivity index (χ0n) is 19.5. The highest BCUT2D eigenvalue weighted by molar-refractivity contribution is 5.89. The topological polar surface area (TPSA) is 95.9 Å². The van der Waals surface area contributed by atoms with Crippen molar-refractivity contribution in [2.24, 2.45) is 0 Å². The first-order chi connectivity index (χ1) is 16.5. The fourth-order valence-corrected chi connectivity index (χ4v) is 5.28. The lowest BCUT2D eigenvalue weighted by Crippen LogP contribution is -2.54. The van der Waals surface area contributed by atoms with Gasteiger partial charge in [-0.1, -0.05) is 61.9 Å². The number of carboxylic acid groups (broad SMARTS) is 1. The zero-order valence-corrected chi connectivity index (χ0v) is 19.5. The minimum atomic E-state index is -1.15. The first kappa shape index (κ1) is 23.8. The number of carbonyl (C=O) groups excluding carboxylic acids is 2. The van der Waals surface area contributed by atoms with Crippen LogP contribution in [0, 0.1) is 0 Å². The number of nitrogens with one attached hydrogen (secondary N) is 1. The molecule has 4 rings (SSSR count). The Kier molecular flexibility index (Phi) is 7.50. The minimum absolute atomic E-state index is 0.0897. The molecule has 2 N–H and O–H groups in total. The van der Waals surface area contributed by atoms with E-state index in [-0.39, 0.29) is 24.5 Å². The number of ether oxygens (including phenoxy) is 1. The predicted molar refractivity (Wildman–Crippen MR) is 129 cm³/mol. The Balaban J connectivity index is 1.44. The van der Waals surface area contributed by atoms with Crippen molar-refractivity contribution in [1.29, 1.82) is 0 Å². The summed E-state index contributed by atoms with van der Waals surface area (Å²) in [5.41, 5.74) is 4.42. The van der Waals surface area contributed by atoms with Crippen molar-refractivity contribution in [3.63, 3.8) is 0 Å². The lowest BCUT2D eigenvalue weighted by molar-refractivity contribution is -0.144. The fourth-order valence-electron chi connectivity index (χ4n) is 5.28. The summed E-state index contributed by atoms with van der Waals surface area (Å²) >= 11 is 0. The molecule has 0 radical (unpaired) electrons. The van der Waals surface area contributed by atoms with Gasteiger partial charge in [-0.3, -0.25) is 9.59 Å². The van der Waals surface area contributed by atoms with Gasteiger partial charge in [0.15, 0.2) is 0 Å². The molecule has 34 heavy (non-hydrogen) atoms. The largest absolute Gasteiger partial charge is 0.481 e. The molecule has 1 aliphatic heterocycles. The zero-order chi connectivity index (χ0) is 24.1. The van der Waals surface area contributed by atoms with Crippen LogP contribution < -0.4 is 5.32 Å². The Bertz CT molecular complexity index is 1010. The molecule has 1 heterocycles. The van der Waals surface area contributed by atoms with E-state index in [2.05, 4.69) is 24.4 Å². The van der Waals surface area contributed by atoms with Crippen LogP contribution in [0.25, 0.3) is 11.1 Å². The third-order valence-corrected chi connectivity index (χ3v) is 6.84. The Morgan fingerprint density at radius 3 is 2.32 bits per heavy atom. The van der Waals surface area contributed by atoms with Gasteiger partial charge in [-0.25, -0.2) is 4.79 Å². The monoisotopic (exact) mass is 464 g/mol. The van der Waals surface area contributed by atoms with Crippen molar-refractivity contribution < 1.29 is 24.2 Å². The molecule has 0 saturated carbocycles. The van der Waals surface area contributed by atoms with Gasteiger partial charge in [0.05, 0.1) is 6.42 Å². The molecule has 2 atom stereocenters. The van der Waals surface area contributed by atoms with Crippen LogP contribution in [-0.4, -0.2) is 53.2 Å². The summed E-state index contributed by atoms with van der Waals surface area (Å²) in [6.45, 7) is 2.77. The smallest absolute Gasteiger partial charge is 0.407 e. The van der Waals surface area contributed by atoms with E-state index in [1.54, 1.807) is 4.90 Å². The number of aliphatic carboxylic acids is 1. The summed E-state index contributed by atoms with van der Waals surface area (Å²) < 4.78 is 5.55. The van der Waals surface area contributed by atoms with Crippen molar-refractivity contribution in [3.05, 3.63) is 59.7 Å². The maximum Gasteiger partial charge on any atom is 0.407 e. The van der Waals surface area contributed by atoms with Crippen molar-refractivity contribution in [2.75, 3.05) is 13.2 Å². The number of fused-ring (bicyclic) bond motifs is 3. The van der Waals surface area contributed by atoms with Crippen molar-refractivity contribution in [1.82, 2.24) is 10.2 Å². The third kappa shape index (κ3) is 5.08. The van der Waals surface area contributed by atoms with Crippen molar-refractivity contribution in [2.45, 2.75) is 63.5 Å². The fraction of sp³-hybridized carbons (Fsp3) is 0.444. The van der Waals surface area contributed by atoms with E-state index in [1.165, 1.54) is 0 Å². The molecular weight excluding hydrogens is 432 g/mol. The molecule has 2 aromatic rings. The van der Waals surface area contributed by atoms with Crippen LogP contribution in [0.5, 0.6) is 0 Å². The van der Waals surface area contributed by atoms with E-state index in [0.717, 1.165) is 54.4 Å². The molecule has 2 amide bonds. The molecule has 180 valence electrons. The number of carboxylic acids is 1. The number of hydrogen-bond acceptors (Lipinski definition) is 4. The number of hydrogen-bond donors (Lipinski definition) is 2. The number of amides is 2. The summed E-state index contributed by atoms with van der Waals surface area (Å²) in [6, 6.07) is 15.0. The number of alkyl carbamates (subject to hydrolysis) is 1. The molecule has 2 aromatic carbocycles. The van der Waals surface area contributed by atoms with E-state index >= 15 is 0 Å². The highest BCUT2D eigenvalue weighted by Crippen LogP contribution is 2.44. The third-order valence-electron chi connectivity index (χ3n) is 6.84. The second kappa shape index (κ2) is 10.7. The molecule has 0 aromatic heterocycles. The van der Waals surface area contributed by atoms with E-state index in [4.69, 9.17) is 4.74 Å². The van der Waals surface area contributed by atoms with Gasteiger partial charge >= 0.3 is 12.1 Å². The summed E-state index contributed by atoms with van der Waals surface area (Å²) in [5, 5.41) is 11.9. The summed E-state index contributed by atoms with van der Waals surface area (Å²) in [5.74, 6) is -1.58. The summed E-state index contributed by atoms with van der Waals surface area (Å²) in [4.78, 5) is 39.2. The molecule has 7 heteroatoms. The van der Waals surface area contributed by atoms with E-state index < -0.39 is 24.5 Å². The molecule has 1 saturated heterocycles. The van der Waals surface area contributed by atoms with Gasteiger partial charge in [-0.2, -0.15) is 0 Å². The van der Waals surface area contributed by atoms with E-state index in [0.29, 0.717) is 6.54 Å². The highest BCUT2D eigenvalue weighted by atomic mass is 16.5. The normalized spacial score (nSPS) is 18.0. The van der Waals surface area contributed by atoms with E-state index in [1.807, 2.05) is 36.4 Å². The molecule has 2 aliphatic rings. The average molecular weight is 465 g/mol. The number of rotatable bonds is 8. The summed E-state index contributed by atoms with van der Waals surface area (Å²) in [6.07, 6.45) is 3.41. The molecule has 7 nitrogen and oxygen atoms in total. The number of benzene rings is 2. The minimum Gasteiger partial charge on any atom is -0.481 e. The van der Waals surface area contributed by atoms with Gasteiger partial charge in [0.1, 0.15) is 12.6 Å².